The van der Waals surface area contributed by atoms with Crippen molar-refractivity contribution < 1.29 is 18.8 Å². The Kier molecular flexibility index (Phi) is 5.71. The summed E-state index contributed by atoms with van der Waals surface area (Å²) in [5, 5.41) is 5.28. The molecule has 6 nitrogen and oxygen atoms in total. The second kappa shape index (κ2) is 8.28. The van der Waals surface area contributed by atoms with Crippen LogP contribution in [0.15, 0.2) is 42.5 Å². The molecule has 2 heterocycles. The van der Waals surface area contributed by atoms with Crippen molar-refractivity contribution in [2.75, 3.05) is 5.75 Å². The number of nitrogens with zero attached hydrogens (tertiary/aromatic N) is 1. The third kappa shape index (κ3) is 3.65. The molecule has 2 aliphatic rings. The van der Waals surface area contributed by atoms with E-state index in [-0.39, 0.29) is 28.4 Å². The van der Waals surface area contributed by atoms with Crippen LogP contribution in [0, 0.1) is 5.82 Å². The van der Waals surface area contributed by atoms with Crippen molar-refractivity contribution in [1.29, 1.82) is 0 Å². The van der Waals surface area contributed by atoms with Crippen LogP contribution < -0.4 is 10.6 Å². The number of thioether (sulfide) groups is 1. The number of nitrogens with one attached hydrogen (secondary N) is 2. The Balaban J connectivity index is 1.37. The third-order valence-electron chi connectivity index (χ3n) is 5.25. The molecule has 0 spiro atoms. The molecule has 0 radical (unpaired) electrons. The van der Waals surface area contributed by atoms with Gasteiger partial charge in [-0.05, 0) is 30.7 Å². The van der Waals surface area contributed by atoms with Gasteiger partial charge in [-0.3, -0.25) is 14.4 Å². The normalized spacial score (nSPS) is 20.5. The van der Waals surface area contributed by atoms with E-state index in [9.17, 15) is 18.8 Å². The SMILES string of the molecule is CC(NC(=O)C1CSC2c3ccccc3C(=O)N12)C(=O)NCc1c(F)cccc1Cl. The molecule has 3 unspecified atom stereocenters. The summed E-state index contributed by atoms with van der Waals surface area (Å²) in [7, 11) is 0. The van der Waals surface area contributed by atoms with Gasteiger partial charge in [-0.1, -0.05) is 35.9 Å². The van der Waals surface area contributed by atoms with Crippen LogP contribution >= 0.6 is 23.4 Å². The fourth-order valence-corrected chi connectivity index (χ4v) is 5.34. The van der Waals surface area contributed by atoms with Crippen LogP contribution in [-0.4, -0.2) is 40.5 Å². The van der Waals surface area contributed by atoms with Gasteiger partial charge in [0.2, 0.25) is 11.8 Å². The van der Waals surface area contributed by atoms with Crippen LogP contribution in [-0.2, 0) is 16.1 Å². The lowest BCUT2D eigenvalue weighted by Crippen LogP contribution is -2.52. The van der Waals surface area contributed by atoms with Crippen LogP contribution in [0.4, 0.5) is 4.39 Å². The molecule has 0 saturated carbocycles. The molecule has 2 aliphatic heterocycles. The molecule has 3 amide bonds. The molecule has 0 aromatic heterocycles. The number of benzene rings is 2. The Morgan fingerprint density at radius 3 is 2.80 bits per heavy atom. The van der Waals surface area contributed by atoms with Gasteiger partial charge < -0.3 is 15.5 Å². The van der Waals surface area contributed by atoms with Gasteiger partial charge in [-0.15, -0.1) is 11.8 Å². The maximum Gasteiger partial charge on any atom is 0.256 e. The van der Waals surface area contributed by atoms with Crippen LogP contribution in [0.3, 0.4) is 0 Å². The Labute approximate surface area is 182 Å². The lowest BCUT2D eigenvalue weighted by molar-refractivity contribution is -0.130. The Morgan fingerprint density at radius 1 is 1.27 bits per heavy atom. The van der Waals surface area contributed by atoms with Gasteiger partial charge in [-0.25, -0.2) is 4.39 Å². The quantitative estimate of drug-likeness (QED) is 0.738. The number of rotatable bonds is 5. The van der Waals surface area contributed by atoms with Gasteiger partial charge in [0.05, 0.1) is 0 Å². The van der Waals surface area contributed by atoms with Crippen molar-refractivity contribution >= 4 is 41.1 Å². The number of halogens is 2. The molecular weight excluding hydrogens is 429 g/mol. The minimum atomic E-state index is -0.854. The minimum Gasteiger partial charge on any atom is -0.350 e. The summed E-state index contributed by atoms with van der Waals surface area (Å²) in [6.07, 6.45) is 0. The first kappa shape index (κ1) is 20.7. The molecule has 1 fully saturated rings. The topological polar surface area (TPSA) is 78.5 Å². The highest BCUT2D eigenvalue weighted by Gasteiger charge is 2.48. The maximum absolute atomic E-state index is 13.8. The molecule has 2 aromatic carbocycles. The Morgan fingerprint density at radius 2 is 2.03 bits per heavy atom. The van der Waals surface area contributed by atoms with Gasteiger partial charge >= 0.3 is 0 Å². The van der Waals surface area contributed by atoms with Gasteiger partial charge in [0, 0.05) is 28.4 Å². The zero-order valence-electron chi connectivity index (χ0n) is 16.0. The number of carbonyl (C=O) groups excluding carboxylic acids is 3. The summed E-state index contributed by atoms with van der Waals surface area (Å²) in [4.78, 5) is 39.5. The average Bonchev–Trinajstić information content (AvgIpc) is 3.28. The standard InChI is InChI=1S/C21H19ClFN3O3S/c1-11(18(27)24-9-14-15(22)7-4-8-16(14)23)25-19(28)17-10-30-21-13-6-3-2-5-12(13)20(29)26(17)21/h2-8,11,17,21H,9-10H2,1H3,(H,24,27)(H,25,28). The molecule has 4 rings (SSSR count). The van der Waals surface area contributed by atoms with E-state index < -0.39 is 29.7 Å². The Hall–Kier alpha value is -2.58. The first-order valence-electron chi connectivity index (χ1n) is 9.42. The summed E-state index contributed by atoms with van der Waals surface area (Å²) in [5.74, 6) is -1.10. The predicted molar refractivity (Wildman–Crippen MR) is 112 cm³/mol. The van der Waals surface area contributed by atoms with Crippen molar-refractivity contribution in [2.24, 2.45) is 0 Å². The lowest BCUT2D eigenvalue weighted by Gasteiger charge is -2.24. The van der Waals surface area contributed by atoms with Crippen molar-refractivity contribution in [3.8, 4) is 0 Å². The molecule has 0 aliphatic carbocycles. The highest BCUT2D eigenvalue weighted by molar-refractivity contribution is 7.99. The molecule has 2 aromatic rings. The average molecular weight is 448 g/mol. The molecular formula is C21H19ClFN3O3S. The fraction of sp³-hybridized carbons (Fsp3) is 0.286. The maximum atomic E-state index is 13.8. The highest BCUT2D eigenvalue weighted by atomic mass is 35.5. The zero-order valence-corrected chi connectivity index (χ0v) is 17.6. The predicted octanol–water partition coefficient (Wildman–Crippen LogP) is 2.87. The molecule has 30 heavy (non-hydrogen) atoms. The monoisotopic (exact) mass is 447 g/mol. The van der Waals surface area contributed by atoms with Crippen LogP contribution in [0.5, 0.6) is 0 Å². The largest absolute Gasteiger partial charge is 0.350 e. The van der Waals surface area contributed by atoms with Crippen molar-refractivity contribution in [2.45, 2.75) is 30.9 Å². The fourth-order valence-electron chi connectivity index (χ4n) is 3.65. The first-order valence-corrected chi connectivity index (χ1v) is 10.9. The second-order valence-corrected chi connectivity index (χ2v) is 8.67. The highest BCUT2D eigenvalue weighted by Crippen LogP contribution is 2.48. The summed E-state index contributed by atoms with van der Waals surface area (Å²) < 4.78 is 13.8. The number of hydrogen-bond acceptors (Lipinski definition) is 4. The van der Waals surface area contributed by atoms with Gasteiger partial charge in [-0.2, -0.15) is 0 Å². The number of hydrogen-bond donors (Lipinski definition) is 2. The molecule has 9 heteroatoms. The molecule has 3 atom stereocenters. The van der Waals surface area contributed by atoms with E-state index in [1.54, 1.807) is 17.0 Å². The van der Waals surface area contributed by atoms with Crippen molar-refractivity contribution in [3.05, 3.63) is 70.0 Å². The summed E-state index contributed by atoms with van der Waals surface area (Å²) in [6, 6.07) is 10.1. The van der Waals surface area contributed by atoms with Crippen LogP contribution in [0.1, 0.15) is 33.8 Å². The molecule has 1 saturated heterocycles. The first-order chi connectivity index (χ1) is 14.4. The molecule has 0 bridgehead atoms. The Bertz CT molecular complexity index is 1010. The lowest BCUT2D eigenvalue weighted by atomic mass is 10.1. The molecule has 2 N–H and O–H groups in total. The van der Waals surface area contributed by atoms with Gasteiger partial charge in [0.1, 0.15) is 23.3 Å². The number of fused-ring (bicyclic) bond motifs is 3. The van der Waals surface area contributed by atoms with E-state index in [0.29, 0.717) is 11.3 Å². The smallest absolute Gasteiger partial charge is 0.256 e. The van der Waals surface area contributed by atoms with Gasteiger partial charge in [0.15, 0.2) is 0 Å². The van der Waals surface area contributed by atoms with E-state index in [2.05, 4.69) is 10.6 Å². The minimum absolute atomic E-state index is 0.0914. The van der Waals surface area contributed by atoms with Crippen molar-refractivity contribution in [3.63, 3.8) is 0 Å². The number of carbonyl (C=O) groups is 3. The van der Waals surface area contributed by atoms with E-state index >= 15 is 0 Å². The summed E-state index contributed by atoms with van der Waals surface area (Å²) >= 11 is 7.50. The summed E-state index contributed by atoms with van der Waals surface area (Å²) in [6.45, 7) is 1.45. The van der Waals surface area contributed by atoms with E-state index in [0.717, 1.165) is 5.56 Å². The number of amides is 3. The van der Waals surface area contributed by atoms with E-state index in [4.69, 9.17) is 11.6 Å². The molecule has 156 valence electrons. The van der Waals surface area contributed by atoms with Crippen LogP contribution in [0.2, 0.25) is 5.02 Å². The van der Waals surface area contributed by atoms with E-state index in [1.807, 2.05) is 12.1 Å². The van der Waals surface area contributed by atoms with Gasteiger partial charge in [0.25, 0.3) is 5.91 Å². The van der Waals surface area contributed by atoms with E-state index in [1.165, 1.54) is 36.9 Å². The van der Waals surface area contributed by atoms with Crippen molar-refractivity contribution in [1.82, 2.24) is 15.5 Å². The van der Waals surface area contributed by atoms with Crippen LogP contribution in [0.25, 0.3) is 0 Å². The third-order valence-corrected chi connectivity index (χ3v) is 6.91. The second-order valence-electron chi connectivity index (χ2n) is 7.15. The zero-order chi connectivity index (χ0) is 21.4. The summed E-state index contributed by atoms with van der Waals surface area (Å²) in [5.41, 5.74) is 1.71.